The third-order valence-electron chi connectivity index (χ3n) is 6.65. The predicted octanol–water partition coefficient (Wildman–Crippen LogP) is 6.09. The Morgan fingerprint density at radius 1 is 0.976 bits per heavy atom. The summed E-state index contributed by atoms with van der Waals surface area (Å²) in [5.41, 5.74) is 1.68. The number of ether oxygens (including phenoxy) is 1. The maximum absolute atomic E-state index is 14.2. The van der Waals surface area contributed by atoms with Crippen LogP contribution in [0.3, 0.4) is 0 Å². The number of benzene rings is 3. The number of halogens is 2. The highest BCUT2D eigenvalue weighted by molar-refractivity contribution is 7.92. The molecule has 1 unspecified atom stereocenters. The van der Waals surface area contributed by atoms with Crippen LogP contribution in [0.2, 0.25) is 10.0 Å². The van der Waals surface area contributed by atoms with Gasteiger partial charge in [0.25, 0.3) is 10.0 Å². The van der Waals surface area contributed by atoms with Crippen LogP contribution in [0.15, 0.2) is 71.6 Å². The molecule has 1 atom stereocenters. The van der Waals surface area contributed by atoms with Gasteiger partial charge >= 0.3 is 0 Å². The van der Waals surface area contributed by atoms with Crippen LogP contribution in [0.4, 0.5) is 5.69 Å². The molecule has 226 valence electrons. The highest BCUT2D eigenvalue weighted by Gasteiger charge is 2.34. The van der Waals surface area contributed by atoms with E-state index in [9.17, 15) is 18.0 Å². The topological polar surface area (TPSA) is 96.0 Å². The van der Waals surface area contributed by atoms with E-state index in [0.717, 1.165) is 15.4 Å². The first-order chi connectivity index (χ1) is 19.9. The molecular formula is C31H37Cl2N3O5S. The smallest absolute Gasteiger partial charge is 0.264 e. The van der Waals surface area contributed by atoms with Gasteiger partial charge in [0.1, 0.15) is 18.3 Å². The molecule has 1 N–H and O–H groups in total. The van der Waals surface area contributed by atoms with E-state index in [-0.39, 0.29) is 39.0 Å². The molecule has 11 heteroatoms. The van der Waals surface area contributed by atoms with Crippen molar-refractivity contribution >= 4 is 50.7 Å². The van der Waals surface area contributed by atoms with E-state index in [1.54, 1.807) is 43.5 Å². The number of rotatable bonds is 13. The number of sulfonamides is 1. The lowest BCUT2D eigenvalue weighted by Gasteiger charge is -2.33. The Balaban J connectivity index is 2.08. The van der Waals surface area contributed by atoms with Crippen LogP contribution in [0.1, 0.15) is 38.3 Å². The second-order valence-corrected chi connectivity index (χ2v) is 13.1. The number of methoxy groups -OCH3 is 1. The van der Waals surface area contributed by atoms with Crippen molar-refractivity contribution in [3.63, 3.8) is 0 Å². The van der Waals surface area contributed by atoms with E-state index in [2.05, 4.69) is 5.32 Å². The molecule has 0 radical (unpaired) electrons. The van der Waals surface area contributed by atoms with Crippen LogP contribution in [-0.4, -0.2) is 51.4 Å². The standard InChI is InChI=1S/C31H37Cl2N3O5S/c1-6-28(31(38)34-18-21(2)3)35(19-23-9-12-25(41-5)13-10-23)30(37)20-36(29-17-24(32)11-16-27(29)33)42(39,40)26-14-7-22(4)8-15-26/h7-17,21,28H,6,18-20H2,1-5H3,(H,34,38). The Hall–Kier alpha value is -3.27. The van der Waals surface area contributed by atoms with Crippen LogP contribution in [0, 0.1) is 12.8 Å². The monoisotopic (exact) mass is 633 g/mol. The summed E-state index contributed by atoms with van der Waals surface area (Å²) in [6.45, 7) is 7.50. The molecule has 0 aromatic heterocycles. The first-order valence-electron chi connectivity index (χ1n) is 13.6. The first-order valence-corrected chi connectivity index (χ1v) is 15.8. The van der Waals surface area contributed by atoms with Crippen molar-refractivity contribution in [2.24, 2.45) is 5.92 Å². The fourth-order valence-corrected chi connectivity index (χ4v) is 6.16. The summed E-state index contributed by atoms with van der Waals surface area (Å²) in [6.07, 6.45) is 0.314. The number of nitrogens with zero attached hydrogens (tertiary/aromatic N) is 2. The molecule has 3 aromatic carbocycles. The molecule has 3 rings (SSSR count). The maximum atomic E-state index is 14.2. The zero-order valence-electron chi connectivity index (χ0n) is 24.4. The molecule has 2 amide bonds. The van der Waals surface area contributed by atoms with Crippen molar-refractivity contribution in [2.75, 3.05) is 24.5 Å². The van der Waals surface area contributed by atoms with E-state index in [0.29, 0.717) is 18.7 Å². The number of carbonyl (C=O) groups excluding carboxylic acids is 2. The SMILES string of the molecule is CCC(C(=O)NCC(C)C)N(Cc1ccc(OC)cc1)C(=O)CN(c1cc(Cl)ccc1Cl)S(=O)(=O)c1ccc(C)cc1. The van der Waals surface area contributed by atoms with Gasteiger partial charge in [0.2, 0.25) is 11.8 Å². The summed E-state index contributed by atoms with van der Waals surface area (Å²) >= 11 is 12.7. The van der Waals surface area contributed by atoms with Crippen molar-refractivity contribution in [3.8, 4) is 5.75 Å². The van der Waals surface area contributed by atoms with Crippen molar-refractivity contribution in [2.45, 2.75) is 51.6 Å². The average Bonchev–Trinajstić information content (AvgIpc) is 2.96. The van der Waals surface area contributed by atoms with Gasteiger partial charge in [0.05, 0.1) is 22.7 Å². The summed E-state index contributed by atoms with van der Waals surface area (Å²) in [6, 6.07) is 17.0. The van der Waals surface area contributed by atoms with Crippen molar-refractivity contribution in [3.05, 3.63) is 87.9 Å². The van der Waals surface area contributed by atoms with Gasteiger partial charge in [-0.15, -0.1) is 0 Å². The highest BCUT2D eigenvalue weighted by atomic mass is 35.5. The number of amides is 2. The second kappa shape index (κ2) is 14.8. The van der Waals surface area contributed by atoms with Gasteiger partial charge in [-0.05, 0) is 67.3 Å². The van der Waals surface area contributed by atoms with Crippen molar-refractivity contribution in [1.82, 2.24) is 10.2 Å². The van der Waals surface area contributed by atoms with E-state index < -0.39 is 28.5 Å². The molecule has 0 aliphatic rings. The summed E-state index contributed by atoms with van der Waals surface area (Å²) < 4.78 is 34.2. The minimum atomic E-state index is -4.27. The predicted molar refractivity (Wildman–Crippen MR) is 168 cm³/mol. The number of hydrogen-bond acceptors (Lipinski definition) is 5. The lowest BCUT2D eigenvalue weighted by molar-refractivity contribution is -0.140. The minimum Gasteiger partial charge on any atom is -0.497 e. The van der Waals surface area contributed by atoms with Gasteiger partial charge in [0.15, 0.2) is 0 Å². The Labute approximate surface area is 258 Å². The number of hydrogen-bond donors (Lipinski definition) is 1. The molecule has 0 heterocycles. The third-order valence-corrected chi connectivity index (χ3v) is 8.98. The molecule has 42 heavy (non-hydrogen) atoms. The molecule has 0 spiro atoms. The lowest BCUT2D eigenvalue weighted by Crippen LogP contribution is -2.52. The zero-order valence-corrected chi connectivity index (χ0v) is 26.8. The molecule has 0 fully saturated rings. The normalized spacial score (nSPS) is 12.1. The molecule has 0 saturated heterocycles. The number of aryl methyl sites for hydroxylation is 1. The first kappa shape index (κ1) is 33.2. The molecule has 3 aromatic rings. The van der Waals surface area contributed by atoms with Crippen LogP contribution in [0.25, 0.3) is 0 Å². The largest absolute Gasteiger partial charge is 0.497 e. The van der Waals surface area contributed by atoms with Crippen LogP contribution >= 0.6 is 23.2 Å². The van der Waals surface area contributed by atoms with E-state index in [1.807, 2.05) is 27.7 Å². The summed E-state index contributed by atoms with van der Waals surface area (Å²) in [7, 11) is -2.71. The van der Waals surface area contributed by atoms with Gasteiger partial charge in [0, 0.05) is 18.1 Å². The lowest BCUT2D eigenvalue weighted by atomic mass is 10.1. The van der Waals surface area contributed by atoms with E-state index >= 15 is 0 Å². The molecule has 0 saturated carbocycles. The van der Waals surface area contributed by atoms with Crippen LogP contribution in [0.5, 0.6) is 5.75 Å². The number of carbonyl (C=O) groups is 2. The fourth-order valence-electron chi connectivity index (χ4n) is 4.30. The van der Waals surface area contributed by atoms with Gasteiger partial charge in [-0.1, -0.05) is 73.8 Å². The van der Waals surface area contributed by atoms with E-state index in [1.165, 1.54) is 35.2 Å². The Kier molecular flexibility index (Phi) is 11.7. The molecular weight excluding hydrogens is 597 g/mol. The van der Waals surface area contributed by atoms with Gasteiger partial charge < -0.3 is 15.0 Å². The zero-order chi connectivity index (χ0) is 31.0. The van der Waals surface area contributed by atoms with Crippen LogP contribution < -0.4 is 14.4 Å². The summed E-state index contributed by atoms with van der Waals surface area (Å²) in [5, 5.41) is 3.27. The fraction of sp³-hybridized carbons (Fsp3) is 0.355. The third kappa shape index (κ3) is 8.40. The molecule has 0 bridgehead atoms. The Morgan fingerprint density at radius 3 is 2.19 bits per heavy atom. The second-order valence-electron chi connectivity index (χ2n) is 10.4. The molecule has 0 aliphatic carbocycles. The quantitative estimate of drug-likeness (QED) is 0.246. The van der Waals surface area contributed by atoms with Gasteiger partial charge in [-0.25, -0.2) is 8.42 Å². The van der Waals surface area contributed by atoms with Crippen molar-refractivity contribution < 1.29 is 22.7 Å². The summed E-state index contributed by atoms with van der Waals surface area (Å²) in [5.74, 6) is -0.0486. The van der Waals surface area contributed by atoms with Crippen molar-refractivity contribution in [1.29, 1.82) is 0 Å². The molecule has 8 nitrogen and oxygen atoms in total. The van der Waals surface area contributed by atoms with Crippen LogP contribution in [-0.2, 0) is 26.2 Å². The summed E-state index contributed by atoms with van der Waals surface area (Å²) in [4.78, 5) is 28.9. The van der Waals surface area contributed by atoms with Gasteiger partial charge in [-0.3, -0.25) is 13.9 Å². The number of anilines is 1. The minimum absolute atomic E-state index is 0.0136. The Bertz CT molecular complexity index is 1480. The highest BCUT2D eigenvalue weighted by Crippen LogP contribution is 2.33. The number of nitrogens with one attached hydrogen (secondary N) is 1. The molecule has 0 aliphatic heterocycles. The van der Waals surface area contributed by atoms with E-state index in [4.69, 9.17) is 27.9 Å². The van der Waals surface area contributed by atoms with Gasteiger partial charge in [-0.2, -0.15) is 0 Å². The maximum Gasteiger partial charge on any atom is 0.264 e. The average molecular weight is 635 g/mol. The Morgan fingerprint density at radius 2 is 1.62 bits per heavy atom.